The lowest BCUT2D eigenvalue weighted by Gasteiger charge is -2.31. The van der Waals surface area contributed by atoms with Crippen molar-refractivity contribution in [3.63, 3.8) is 0 Å². The number of aliphatic hydroxyl groups excluding tert-OH is 1. The number of fused-ring (bicyclic) bond motifs is 1. The van der Waals surface area contributed by atoms with Crippen molar-refractivity contribution in [2.45, 2.75) is 94.0 Å². The van der Waals surface area contributed by atoms with Crippen molar-refractivity contribution in [1.29, 1.82) is 0 Å². The fraction of sp³-hybridized carbons (Fsp3) is 0.581. The Bertz CT molecular complexity index is 1290. The number of alkyl carbamates (subject to hydrolysis) is 1. The second-order valence-electron chi connectivity index (χ2n) is 11.6. The van der Waals surface area contributed by atoms with Gasteiger partial charge in [0.1, 0.15) is 11.9 Å². The van der Waals surface area contributed by atoms with Crippen LogP contribution in [-0.4, -0.2) is 80.6 Å². The zero-order chi connectivity index (χ0) is 30.4. The molecule has 0 bridgehead atoms. The summed E-state index contributed by atoms with van der Waals surface area (Å²) in [5.74, 6) is 0.507. The third-order valence-corrected chi connectivity index (χ3v) is 9.62. The highest BCUT2D eigenvalue weighted by molar-refractivity contribution is 7.89. The van der Waals surface area contributed by atoms with Gasteiger partial charge in [-0.25, -0.2) is 13.2 Å². The maximum atomic E-state index is 13.8. The molecule has 43 heavy (non-hydrogen) atoms. The summed E-state index contributed by atoms with van der Waals surface area (Å²) >= 11 is 0. The molecule has 12 heteroatoms. The van der Waals surface area contributed by atoms with Crippen molar-refractivity contribution in [2.24, 2.45) is 5.92 Å². The number of amides is 1. The summed E-state index contributed by atoms with van der Waals surface area (Å²) in [6, 6.07) is 14.6. The molecule has 2 aromatic carbocycles. The molecule has 5 atom stereocenters. The van der Waals surface area contributed by atoms with Crippen LogP contribution in [0.25, 0.3) is 0 Å². The second kappa shape index (κ2) is 14.4. The predicted molar refractivity (Wildman–Crippen MR) is 157 cm³/mol. The van der Waals surface area contributed by atoms with Gasteiger partial charge in [-0.2, -0.15) is 0 Å². The molecule has 5 rings (SSSR count). The smallest absolute Gasteiger partial charge is 0.407 e. The number of carbonyl (C=O) groups excluding carboxylic acids is 1. The lowest BCUT2D eigenvalue weighted by molar-refractivity contribution is -0.145. The van der Waals surface area contributed by atoms with Crippen molar-refractivity contribution in [3.8, 4) is 5.75 Å². The third kappa shape index (κ3) is 8.25. The molecule has 2 saturated heterocycles. The molecule has 1 aliphatic carbocycles. The Kier molecular flexibility index (Phi) is 10.6. The van der Waals surface area contributed by atoms with E-state index < -0.39 is 40.9 Å². The van der Waals surface area contributed by atoms with Gasteiger partial charge in [-0.1, -0.05) is 47.6 Å². The standard InChI is InChI=1S/C31H42N2O9S/c1-21(2)40-23-12-14-25(15-13-23)43(36,37)33(42-24-10-6-7-11-24)19-28(34)27(18-22-8-4-3-5-9-22)32-31(35)41-29-20-39-30-26(29)16-17-38-30/h3-5,8-9,12-15,21,24,26-30,34H,6-7,10-11,16-20H2,1-2H3,(H,32,35)/t26-,27-,28-,29-,30+/m0/s1. The Balaban J connectivity index is 1.33. The maximum absolute atomic E-state index is 13.8. The first kappa shape index (κ1) is 31.7. The molecule has 1 saturated carbocycles. The van der Waals surface area contributed by atoms with Crippen molar-refractivity contribution in [3.05, 3.63) is 60.2 Å². The molecule has 3 aliphatic rings. The summed E-state index contributed by atoms with van der Waals surface area (Å²) in [5.41, 5.74) is 0.854. The summed E-state index contributed by atoms with van der Waals surface area (Å²) in [5, 5.41) is 14.3. The van der Waals surface area contributed by atoms with E-state index in [1.54, 1.807) is 12.1 Å². The number of benzene rings is 2. The Labute approximate surface area is 253 Å². The van der Waals surface area contributed by atoms with Crippen molar-refractivity contribution < 1.29 is 42.1 Å². The first-order valence-electron chi connectivity index (χ1n) is 15.1. The van der Waals surface area contributed by atoms with E-state index in [0.29, 0.717) is 12.4 Å². The molecule has 2 heterocycles. The molecule has 0 unspecified atom stereocenters. The molecule has 0 radical (unpaired) electrons. The van der Waals surface area contributed by atoms with Gasteiger partial charge in [0.15, 0.2) is 6.29 Å². The van der Waals surface area contributed by atoms with Crippen molar-refractivity contribution >= 4 is 16.1 Å². The maximum Gasteiger partial charge on any atom is 0.407 e. The number of aliphatic hydroxyl groups is 1. The average molecular weight is 619 g/mol. The zero-order valence-electron chi connectivity index (χ0n) is 24.7. The first-order chi connectivity index (χ1) is 20.7. The van der Waals surface area contributed by atoms with Crippen molar-refractivity contribution in [2.75, 3.05) is 19.8 Å². The summed E-state index contributed by atoms with van der Waals surface area (Å²) < 4.78 is 51.0. The van der Waals surface area contributed by atoms with Crippen LogP contribution in [0.2, 0.25) is 0 Å². The van der Waals surface area contributed by atoms with Gasteiger partial charge in [0.2, 0.25) is 0 Å². The molecule has 3 fully saturated rings. The van der Waals surface area contributed by atoms with Crippen LogP contribution < -0.4 is 10.1 Å². The summed E-state index contributed by atoms with van der Waals surface area (Å²) in [4.78, 5) is 19.1. The van der Waals surface area contributed by atoms with Gasteiger partial charge in [-0.3, -0.25) is 4.84 Å². The molecule has 2 N–H and O–H groups in total. The predicted octanol–water partition coefficient (Wildman–Crippen LogP) is 3.80. The Hall–Kier alpha value is -2.74. The molecule has 0 aromatic heterocycles. The number of ether oxygens (including phenoxy) is 4. The largest absolute Gasteiger partial charge is 0.491 e. The Morgan fingerprint density at radius 3 is 2.47 bits per heavy atom. The van der Waals surface area contributed by atoms with Gasteiger partial charge >= 0.3 is 6.09 Å². The fourth-order valence-corrected chi connectivity index (χ4v) is 7.04. The number of rotatable bonds is 13. The highest BCUT2D eigenvalue weighted by Crippen LogP contribution is 2.33. The van der Waals surface area contributed by atoms with Gasteiger partial charge < -0.3 is 29.4 Å². The molecule has 11 nitrogen and oxygen atoms in total. The Morgan fingerprint density at radius 1 is 1.05 bits per heavy atom. The highest BCUT2D eigenvalue weighted by Gasteiger charge is 2.44. The molecule has 2 aromatic rings. The van der Waals surface area contributed by atoms with E-state index in [2.05, 4.69) is 5.32 Å². The van der Waals surface area contributed by atoms with Gasteiger partial charge in [-0.15, -0.1) is 0 Å². The summed E-state index contributed by atoms with van der Waals surface area (Å²) in [6.45, 7) is 4.16. The highest BCUT2D eigenvalue weighted by atomic mass is 32.2. The van der Waals surface area contributed by atoms with E-state index in [4.69, 9.17) is 23.8 Å². The van der Waals surface area contributed by atoms with Crippen LogP contribution in [0.3, 0.4) is 0 Å². The quantitative estimate of drug-likeness (QED) is 0.322. The molecule has 1 amide bonds. The van der Waals surface area contributed by atoms with Crippen LogP contribution in [-0.2, 0) is 35.5 Å². The lowest BCUT2D eigenvalue weighted by atomic mass is 10.0. The minimum atomic E-state index is -4.17. The monoisotopic (exact) mass is 618 g/mol. The van der Waals surface area contributed by atoms with E-state index in [9.17, 15) is 18.3 Å². The summed E-state index contributed by atoms with van der Waals surface area (Å²) in [7, 11) is -4.17. The van der Waals surface area contributed by atoms with E-state index in [1.165, 1.54) is 12.1 Å². The van der Waals surface area contributed by atoms with Gasteiger partial charge in [0.25, 0.3) is 10.0 Å². The van der Waals surface area contributed by atoms with Crippen LogP contribution >= 0.6 is 0 Å². The molecule has 236 valence electrons. The Morgan fingerprint density at radius 2 is 1.77 bits per heavy atom. The number of nitrogens with one attached hydrogen (secondary N) is 1. The van der Waals surface area contributed by atoms with Crippen LogP contribution in [0, 0.1) is 5.92 Å². The van der Waals surface area contributed by atoms with E-state index in [-0.39, 0.29) is 42.3 Å². The zero-order valence-corrected chi connectivity index (χ0v) is 25.5. The molecule has 2 aliphatic heterocycles. The number of hydroxylamine groups is 1. The number of hydrogen-bond acceptors (Lipinski definition) is 9. The second-order valence-corrected chi connectivity index (χ2v) is 13.4. The average Bonchev–Trinajstić information content (AvgIpc) is 3.74. The van der Waals surface area contributed by atoms with E-state index in [1.807, 2.05) is 44.2 Å². The minimum Gasteiger partial charge on any atom is -0.491 e. The third-order valence-electron chi connectivity index (χ3n) is 7.98. The van der Waals surface area contributed by atoms with E-state index >= 15 is 0 Å². The minimum absolute atomic E-state index is 0.00958. The number of sulfonamides is 1. The molecular weight excluding hydrogens is 576 g/mol. The number of nitrogens with zero attached hydrogens (tertiary/aromatic N) is 1. The van der Waals surface area contributed by atoms with E-state index in [0.717, 1.165) is 42.1 Å². The van der Waals surface area contributed by atoms with Crippen LogP contribution in [0.15, 0.2) is 59.5 Å². The SMILES string of the molecule is CC(C)Oc1ccc(S(=O)(=O)N(C[C@H](O)[C@H](Cc2ccccc2)NC(=O)O[C@H]2CO[C@H]3OCC[C@H]32)OC2CCCC2)cc1. The van der Waals surface area contributed by atoms with Gasteiger partial charge in [0, 0.05) is 0 Å². The van der Waals surface area contributed by atoms with Gasteiger partial charge in [-0.05, 0) is 69.4 Å². The topological polar surface area (TPSA) is 133 Å². The molecule has 0 spiro atoms. The fourth-order valence-electron chi connectivity index (χ4n) is 5.74. The summed E-state index contributed by atoms with van der Waals surface area (Å²) in [6.07, 6.45) is 1.05. The number of carbonyl (C=O) groups is 1. The van der Waals surface area contributed by atoms with Crippen LogP contribution in [0.5, 0.6) is 5.75 Å². The van der Waals surface area contributed by atoms with Crippen molar-refractivity contribution in [1.82, 2.24) is 9.79 Å². The lowest BCUT2D eigenvalue weighted by Crippen LogP contribution is -2.51. The number of hydrogen-bond donors (Lipinski definition) is 2. The van der Waals surface area contributed by atoms with Gasteiger partial charge in [0.05, 0.1) is 54.9 Å². The normalized spacial score (nSPS) is 23.8. The van der Waals surface area contributed by atoms with Crippen LogP contribution in [0.1, 0.15) is 51.5 Å². The first-order valence-corrected chi connectivity index (χ1v) is 16.5. The molecular formula is C31H42N2O9S. The van der Waals surface area contributed by atoms with Crippen LogP contribution in [0.4, 0.5) is 4.79 Å².